The molecule has 0 aliphatic carbocycles. The summed E-state index contributed by atoms with van der Waals surface area (Å²) in [6, 6.07) is 0. The molecule has 0 saturated heterocycles. The molecule has 0 amide bonds. The van der Waals surface area contributed by atoms with Crippen molar-refractivity contribution >= 4 is 7.60 Å². The van der Waals surface area contributed by atoms with Crippen LogP contribution in [-0.4, -0.2) is 19.4 Å². The molecule has 0 bridgehead atoms. The van der Waals surface area contributed by atoms with Crippen LogP contribution >= 0.6 is 7.60 Å². The van der Waals surface area contributed by atoms with Crippen LogP contribution in [0, 0.1) is 0 Å². The molecule has 0 spiro atoms. The first kappa shape index (κ1) is 20.1. The Bertz CT molecular complexity index is 244. The smallest absolute Gasteiger partial charge is 0.309 e. The van der Waals surface area contributed by atoms with Gasteiger partial charge in [0.1, 0.15) is 0 Å². The Morgan fingerprint density at radius 1 is 0.700 bits per heavy atom. The van der Waals surface area contributed by atoms with Crippen molar-refractivity contribution in [2.45, 2.75) is 85.0 Å². The quantitative estimate of drug-likeness (QED) is 0.268. The van der Waals surface area contributed by atoms with E-state index in [9.17, 15) is 4.57 Å². The van der Waals surface area contributed by atoms with Gasteiger partial charge in [-0.25, -0.2) is 0 Å². The van der Waals surface area contributed by atoms with Gasteiger partial charge in [-0.3, -0.25) is 4.57 Å². The first-order chi connectivity index (χ1) is 9.68. The van der Waals surface area contributed by atoms with Crippen molar-refractivity contribution in [3.63, 3.8) is 0 Å². The highest BCUT2D eigenvalue weighted by molar-refractivity contribution is 7.53. The average Bonchev–Trinajstić information content (AvgIpc) is 2.43. The summed E-state index contributed by atoms with van der Waals surface area (Å²) in [6.07, 6.45) is 12.3. The molecule has 0 N–H and O–H groups in total. The van der Waals surface area contributed by atoms with E-state index in [4.69, 9.17) is 9.05 Å². The summed E-state index contributed by atoms with van der Waals surface area (Å²) in [4.78, 5) is 0. The number of rotatable bonds is 15. The van der Waals surface area contributed by atoms with Crippen LogP contribution in [0.5, 0.6) is 0 Å². The first-order valence-corrected chi connectivity index (χ1v) is 10.3. The summed E-state index contributed by atoms with van der Waals surface area (Å²) in [7, 11) is -2.82. The third-order valence-corrected chi connectivity index (χ3v) is 5.49. The molecule has 0 fully saturated rings. The maximum Gasteiger partial charge on any atom is 0.330 e. The Labute approximate surface area is 126 Å². The fourth-order valence-electron chi connectivity index (χ4n) is 2.18. The van der Waals surface area contributed by atoms with E-state index in [1.165, 1.54) is 38.5 Å². The lowest BCUT2D eigenvalue weighted by Crippen LogP contribution is -2.02. The molecular formula is C16H35O3P. The van der Waals surface area contributed by atoms with Gasteiger partial charge >= 0.3 is 7.60 Å². The molecule has 0 saturated carbocycles. The minimum atomic E-state index is -2.82. The van der Waals surface area contributed by atoms with Crippen LogP contribution in [-0.2, 0) is 13.6 Å². The van der Waals surface area contributed by atoms with Gasteiger partial charge in [0.2, 0.25) is 0 Å². The van der Waals surface area contributed by atoms with E-state index in [1.807, 2.05) is 6.92 Å². The van der Waals surface area contributed by atoms with E-state index in [1.54, 1.807) is 0 Å². The minimum Gasteiger partial charge on any atom is -0.309 e. The van der Waals surface area contributed by atoms with Crippen LogP contribution in [0.25, 0.3) is 0 Å². The second-order valence-electron chi connectivity index (χ2n) is 5.41. The van der Waals surface area contributed by atoms with E-state index < -0.39 is 7.60 Å². The molecule has 4 heteroatoms. The lowest BCUT2D eigenvalue weighted by molar-refractivity contribution is 0.207. The maximum atomic E-state index is 12.5. The van der Waals surface area contributed by atoms with Gasteiger partial charge < -0.3 is 9.05 Å². The topological polar surface area (TPSA) is 35.5 Å². The van der Waals surface area contributed by atoms with Crippen molar-refractivity contribution in [3.8, 4) is 0 Å². The second kappa shape index (κ2) is 14.1. The third kappa shape index (κ3) is 11.9. The normalized spacial score (nSPS) is 14.3. The lowest BCUT2D eigenvalue weighted by Gasteiger charge is -2.17. The molecule has 0 aromatic heterocycles. The van der Waals surface area contributed by atoms with Gasteiger partial charge in [0, 0.05) is 0 Å². The molecule has 0 aliphatic rings. The molecule has 1 atom stereocenters. The van der Waals surface area contributed by atoms with Gasteiger partial charge in [-0.05, 0) is 19.8 Å². The fraction of sp³-hybridized carbons (Fsp3) is 1.00. The summed E-state index contributed by atoms with van der Waals surface area (Å²) >= 11 is 0. The lowest BCUT2D eigenvalue weighted by atomic mass is 10.2. The summed E-state index contributed by atoms with van der Waals surface area (Å²) in [6.45, 7) is 7.34. The van der Waals surface area contributed by atoms with E-state index in [-0.39, 0.29) is 0 Å². The Kier molecular flexibility index (Phi) is 14.2. The predicted octanol–water partition coefficient (Wildman–Crippen LogP) is 6.17. The number of hydrogen-bond acceptors (Lipinski definition) is 3. The Morgan fingerprint density at radius 3 is 1.80 bits per heavy atom. The summed E-state index contributed by atoms with van der Waals surface area (Å²) < 4.78 is 23.5. The van der Waals surface area contributed by atoms with Gasteiger partial charge in [-0.15, -0.1) is 0 Å². The van der Waals surface area contributed by atoms with Gasteiger partial charge in [0.15, 0.2) is 0 Å². The predicted molar refractivity (Wildman–Crippen MR) is 87.6 cm³/mol. The highest BCUT2D eigenvalue weighted by Crippen LogP contribution is 2.49. The van der Waals surface area contributed by atoms with Gasteiger partial charge in [-0.1, -0.05) is 65.2 Å². The van der Waals surface area contributed by atoms with E-state index >= 15 is 0 Å². The van der Waals surface area contributed by atoms with Crippen molar-refractivity contribution in [2.24, 2.45) is 0 Å². The van der Waals surface area contributed by atoms with Crippen molar-refractivity contribution in [3.05, 3.63) is 0 Å². The zero-order valence-electron chi connectivity index (χ0n) is 13.9. The third-order valence-electron chi connectivity index (χ3n) is 3.40. The summed E-state index contributed by atoms with van der Waals surface area (Å²) in [5.74, 6) is 0. The molecule has 122 valence electrons. The molecule has 0 aliphatic heterocycles. The van der Waals surface area contributed by atoms with Gasteiger partial charge in [-0.2, -0.15) is 0 Å². The highest BCUT2D eigenvalue weighted by Gasteiger charge is 2.22. The fourth-order valence-corrected chi connectivity index (χ4v) is 3.93. The molecule has 20 heavy (non-hydrogen) atoms. The van der Waals surface area contributed by atoms with E-state index in [0.717, 1.165) is 25.7 Å². The number of unbranched alkanes of at least 4 members (excludes halogenated alkanes) is 8. The standard InChI is InChI=1S/C16H35O3P/c1-4-7-9-11-13-15-19-20(17,18-6-3)16-14-12-10-8-5-2/h4-16H2,1-3H3. The maximum absolute atomic E-state index is 12.5. The molecule has 1 unspecified atom stereocenters. The highest BCUT2D eigenvalue weighted by atomic mass is 31.2. The van der Waals surface area contributed by atoms with E-state index in [0.29, 0.717) is 19.4 Å². The Morgan fingerprint density at radius 2 is 1.25 bits per heavy atom. The summed E-state index contributed by atoms with van der Waals surface area (Å²) in [5.41, 5.74) is 0. The van der Waals surface area contributed by atoms with Crippen LogP contribution in [0.1, 0.15) is 85.0 Å². The van der Waals surface area contributed by atoms with Crippen LogP contribution in [0.2, 0.25) is 0 Å². The average molecular weight is 306 g/mol. The Hall–Kier alpha value is 0.150. The van der Waals surface area contributed by atoms with Crippen LogP contribution in [0.15, 0.2) is 0 Å². The van der Waals surface area contributed by atoms with Gasteiger partial charge in [0.25, 0.3) is 0 Å². The summed E-state index contributed by atoms with van der Waals surface area (Å²) in [5, 5.41) is 0. The molecule has 0 aromatic rings. The largest absolute Gasteiger partial charge is 0.330 e. The molecule has 0 heterocycles. The molecule has 0 radical (unpaired) electrons. The van der Waals surface area contributed by atoms with Crippen molar-refractivity contribution in [1.82, 2.24) is 0 Å². The second-order valence-corrected chi connectivity index (χ2v) is 7.60. The molecule has 0 rings (SSSR count). The SMILES string of the molecule is CCCCCCCOP(=O)(CCCCCCC)OCC. The minimum absolute atomic E-state index is 0.474. The first-order valence-electron chi connectivity index (χ1n) is 8.56. The Balaban J connectivity index is 3.78. The van der Waals surface area contributed by atoms with Crippen LogP contribution in [0.4, 0.5) is 0 Å². The van der Waals surface area contributed by atoms with Crippen LogP contribution in [0.3, 0.4) is 0 Å². The zero-order chi connectivity index (χ0) is 15.1. The monoisotopic (exact) mass is 306 g/mol. The van der Waals surface area contributed by atoms with Crippen molar-refractivity contribution in [2.75, 3.05) is 19.4 Å². The molecule has 3 nitrogen and oxygen atoms in total. The van der Waals surface area contributed by atoms with Gasteiger partial charge in [0.05, 0.1) is 19.4 Å². The van der Waals surface area contributed by atoms with Crippen molar-refractivity contribution < 1.29 is 13.6 Å². The molecule has 0 aromatic carbocycles. The van der Waals surface area contributed by atoms with E-state index in [2.05, 4.69) is 13.8 Å². The van der Waals surface area contributed by atoms with Crippen molar-refractivity contribution in [1.29, 1.82) is 0 Å². The molecular weight excluding hydrogens is 271 g/mol. The van der Waals surface area contributed by atoms with Crippen LogP contribution < -0.4 is 0 Å². The number of hydrogen-bond donors (Lipinski definition) is 0. The zero-order valence-corrected chi connectivity index (χ0v) is 14.8.